The lowest BCUT2D eigenvalue weighted by molar-refractivity contribution is 0.102. The smallest absolute Gasteiger partial charge is 0.274 e. The molecule has 1 amide bonds. The van der Waals surface area contributed by atoms with E-state index < -0.39 is 0 Å². The van der Waals surface area contributed by atoms with Gasteiger partial charge in [-0.15, -0.1) is 0 Å². The van der Waals surface area contributed by atoms with E-state index in [2.05, 4.69) is 34.4 Å². The molecule has 0 atom stereocenters. The molecule has 144 valence electrons. The fourth-order valence-corrected chi connectivity index (χ4v) is 3.08. The number of nitrogens with one attached hydrogen (secondary N) is 2. The highest BCUT2D eigenvalue weighted by molar-refractivity contribution is 6.31. The molecule has 0 bridgehead atoms. The van der Waals surface area contributed by atoms with Gasteiger partial charge >= 0.3 is 0 Å². The summed E-state index contributed by atoms with van der Waals surface area (Å²) in [5, 5.41) is 6.78. The van der Waals surface area contributed by atoms with E-state index in [-0.39, 0.29) is 5.91 Å². The van der Waals surface area contributed by atoms with Crippen LogP contribution in [0.1, 0.15) is 47.1 Å². The lowest BCUT2D eigenvalue weighted by Crippen LogP contribution is -2.17. The molecule has 0 aliphatic carbocycles. The number of benzene rings is 2. The Bertz CT molecular complexity index is 988. The third-order valence-electron chi connectivity index (χ3n) is 4.31. The monoisotopic (exact) mass is 394 g/mol. The number of para-hydroxylation sites is 1. The normalized spacial score (nSPS) is 10.8. The zero-order chi connectivity index (χ0) is 20.1. The van der Waals surface area contributed by atoms with Crippen molar-refractivity contribution in [2.75, 3.05) is 10.6 Å². The largest absolute Gasteiger partial charge is 0.350 e. The maximum absolute atomic E-state index is 12.8. The Morgan fingerprint density at radius 1 is 1.07 bits per heavy atom. The van der Waals surface area contributed by atoms with Crippen LogP contribution in [0.4, 0.5) is 11.6 Å². The van der Waals surface area contributed by atoms with Crippen molar-refractivity contribution < 1.29 is 4.79 Å². The number of carbonyl (C=O) groups is 1. The minimum absolute atomic E-state index is 0.264. The third kappa shape index (κ3) is 4.87. The predicted molar refractivity (Wildman–Crippen MR) is 114 cm³/mol. The molecule has 2 N–H and O–H groups in total. The van der Waals surface area contributed by atoms with E-state index in [0.29, 0.717) is 34.8 Å². The maximum Gasteiger partial charge on any atom is 0.274 e. The van der Waals surface area contributed by atoms with Gasteiger partial charge in [-0.1, -0.05) is 61.8 Å². The molecule has 0 aliphatic heterocycles. The highest BCUT2D eigenvalue weighted by Crippen LogP contribution is 2.24. The van der Waals surface area contributed by atoms with Crippen LogP contribution in [0.15, 0.2) is 54.6 Å². The molecule has 0 radical (unpaired) electrons. The summed E-state index contributed by atoms with van der Waals surface area (Å²) in [6.07, 6.45) is 0. The van der Waals surface area contributed by atoms with E-state index in [4.69, 9.17) is 11.6 Å². The molecule has 1 aromatic heterocycles. The Balaban J connectivity index is 1.77. The Morgan fingerprint density at radius 2 is 1.79 bits per heavy atom. The summed E-state index contributed by atoms with van der Waals surface area (Å²) in [6.45, 7) is 6.49. The van der Waals surface area contributed by atoms with Crippen molar-refractivity contribution in [2.24, 2.45) is 0 Å². The molecule has 5 nitrogen and oxygen atoms in total. The number of aryl methyl sites for hydroxylation is 1. The van der Waals surface area contributed by atoms with Gasteiger partial charge in [0.1, 0.15) is 5.69 Å². The SMILES string of the molecule is Cc1cc(C(=O)Nc2ccccc2C(C)C)nc(NCc2ccccc2Cl)n1. The first-order valence-electron chi connectivity index (χ1n) is 9.17. The summed E-state index contributed by atoms with van der Waals surface area (Å²) in [5.74, 6) is 0.429. The van der Waals surface area contributed by atoms with Gasteiger partial charge in [0, 0.05) is 22.9 Å². The molecule has 0 saturated heterocycles. The van der Waals surface area contributed by atoms with E-state index in [9.17, 15) is 4.79 Å². The molecular weight excluding hydrogens is 372 g/mol. The van der Waals surface area contributed by atoms with Crippen molar-refractivity contribution in [3.63, 3.8) is 0 Å². The second-order valence-corrected chi connectivity index (χ2v) is 7.27. The van der Waals surface area contributed by atoms with Gasteiger partial charge in [-0.3, -0.25) is 4.79 Å². The molecule has 1 heterocycles. The number of nitrogens with zero attached hydrogens (tertiary/aromatic N) is 2. The molecular formula is C22H23ClN4O. The first-order valence-corrected chi connectivity index (χ1v) is 9.55. The van der Waals surface area contributed by atoms with Crippen molar-refractivity contribution in [3.05, 3.63) is 82.1 Å². The van der Waals surface area contributed by atoms with Gasteiger partial charge in [0.2, 0.25) is 5.95 Å². The van der Waals surface area contributed by atoms with E-state index in [0.717, 1.165) is 16.8 Å². The number of carbonyl (C=O) groups excluding carboxylic acids is 1. The number of hydrogen-bond acceptors (Lipinski definition) is 4. The van der Waals surface area contributed by atoms with E-state index >= 15 is 0 Å². The summed E-state index contributed by atoms with van der Waals surface area (Å²) >= 11 is 6.19. The first kappa shape index (κ1) is 19.8. The van der Waals surface area contributed by atoms with Crippen LogP contribution in [-0.2, 0) is 6.54 Å². The van der Waals surface area contributed by atoms with E-state index in [1.165, 1.54) is 0 Å². The fourth-order valence-electron chi connectivity index (χ4n) is 2.88. The van der Waals surface area contributed by atoms with Crippen LogP contribution in [0.5, 0.6) is 0 Å². The molecule has 0 saturated carbocycles. The molecule has 28 heavy (non-hydrogen) atoms. The van der Waals surface area contributed by atoms with Crippen molar-refractivity contribution in [1.82, 2.24) is 9.97 Å². The number of aromatic nitrogens is 2. The molecule has 2 aromatic carbocycles. The molecule has 3 rings (SSSR count). The summed E-state index contributed by atoms with van der Waals surface area (Å²) in [6, 6.07) is 17.0. The highest BCUT2D eigenvalue weighted by Gasteiger charge is 2.14. The van der Waals surface area contributed by atoms with Gasteiger partial charge < -0.3 is 10.6 Å². The maximum atomic E-state index is 12.8. The van der Waals surface area contributed by atoms with Gasteiger partial charge in [0.05, 0.1) is 0 Å². The second kappa shape index (κ2) is 8.85. The summed E-state index contributed by atoms with van der Waals surface area (Å²) < 4.78 is 0. The van der Waals surface area contributed by atoms with Crippen LogP contribution < -0.4 is 10.6 Å². The number of halogens is 1. The van der Waals surface area contributed by atoms with Crippen molar-refractivity contribution >= 4 is 29.1 Å². The average molecular weight is 395 g/mol. The van der Waals surface area contributed by atoms with Crippen LogP contribution in [0.25, 0.3) is 0 Å². The molecule has 0 aliphatic rings. The Kier molecular flexibility index (Phi) is 6.26. The predicted octanol–water partition coefficient (Wildman–Crippen LogP) is 5.43. The highest BCUT2D eigenvalue weighted by atomic mass is 35.5. The van der Waals surface area contributed by atoms with E-state index in [1.54, 1.807) is 6.07 Å². The topological polar surface area (TPSA) is 66.9 Å². The van der Waals surface area contributed by atoms with Gasteiger partial charge in [-0.05, 0) is 42.2 Å². The Labute approximate surface area is 170 Å². The van der Waals surface area contributed by atoms with Gasteiger partial charge in [0.25, 0.3) is 5.91 Å². The Hall–Kier alpha value is -2.92. The molecule has 0 fully saturated rings. The molecule has 6 heteroatoms. The van der Waals surface area contributed by atoms with Gasteiger partial charge in [0.15, 0.2) is 0 Å². The van der Waals surface area contributed by atoms with Crippen LogP contribution in [0.2, 0.25) is 5.02 Å². The molecule has 0 unspecified atom stereocenters. The minimum Gasteiger partial charge on any atom is -0.350 e. The Morgan fingerprint density at radius 3 is 2.54 bits per heavy atom. The quantitative estimate of drug-likeness (QED) is 0.585. The fraction of sp³-hybridized carbons (Fsp3) is 0.227. The van der Waals surface area contributed by atoms with E-state index in [1.807, 2.05) is 55.5 Å². The summed E-state index contributed by atoms with van der Waals surface area (Å²) in [5.41, 5.74) is 3.83. The molecule has 0 spiro atoms. The first-order chi connectivity index (χ1) is 13.4. The lowest BCUT2D eigenvalue weighted by atomic mass is 10.0. The molecule has 3 aromatic rings. The van der Waals surface area contributed by atoms with Crippen molar-refractivity contribution in [2.45, 2.75) is 33.2 Å². The standard InChI is InChI=1S/C22H23ClN4O/c1-14(2)17-9-5-7-11-19(17)26-21(28)20-12-15(3)25-22(27-20)24-13-16-8-4-6-10-18(16)23/h4-12,14H,13H2,1-3H3,(H,26,28)(H,24,25,27). The van der Waals surface area contributed by atoms with Gasteiger partial charge in [-0.2, -0.15) is 0 Å². The number of hydrogen-bond donors (Lipinski definition) is 2. The number of amides is 1. The summed E-state index contributed by atoms with van der Waals surface area (Å²) in [4.78, 5) is 21.5. The summed E-state index contributed by atoms with van der Waals surface area (Å²) in [7, 11) is 0. The van der Waals surface area contributed by atoms with Crippen LogP contribution in [0, 0.1) is 6.92 Å². The van der Waals surface area contributed by atoms with Crippen molar-refractivity contribution in [3.8, 4) is 0 Å². The average Bonchev–Trinajstić information content (AvgIpc) is 2.67. The van der Waals surface area contributed by atoms with Crippen LogP contribution in [-0.4, -0.2) is 15.9 Å². The van der Waals surface area contributed by atoms with Crippen molar-refractivity contribution in [1.29, 1.82) is 0 Å². The lowest BCUT2D eigenvalue weighted by Gasteiger charge is -2.14. The zero-order valence-corrected chi connectivity index (χ0v) is 16.9. The van der Waals surface area contributed by atoms with Crippen LogP contribution >= 0.6 is 11.6 Å². The van der Waals surface area contributed by atoms with Gasteiger partial charge in [-0.25, -0.2) is 9.97 Å². The number of rotatable bonds is 6. The second-order valence-electron chi connectivity index (χ2n) is 6.86. The van der Waals surface area contributed by atoms with Crippen LogP contribution in [0.3, 0.4) is 0 Å². The number of anilines is 2. The zero-order valence-electron chi connectivity index (χ0n) is 16.2. The minimum atomic E-state index is -0.264. The third-order valence-corrected chi connectivity index (χ3v) is 4.68.